The molecule has 2 amide bonds. The summed E-state index contributed by atoms with van der Waals surface area (Å²) in [6.07, 6.45) is 4.29. The Morgan fingerprint density at radius 3 is 2.21 bits per heavy atom. The van der Waals surface area contributed by atoms with Crippen molar-refractivity contribution in [1.82, 2.24) is 9.80 Å². The Hall–Kier alpha value is -2.77. The number of nitrogens with zero attached hydrogens (tertiary/aromatic N) is 2. The molecule has 8 heteroatoms. The van der Waals surface area contributed by atoms with Crippen LogP contribution in [0.2, 0.25) is 0 Å². The van der Waals surface area contributed by atoms with Crippen LogP contribution in [0.3, 0.4) is 0 Å². The Bertz CT molecular complexity index is 826. The summed E-state index contributed by atoms with van der Waals surface area (Å²) in [6.45, 7) is 9.00. The smallest absolute Gasteiger partial charge is 0.338 e. The molecule has 33 heavy (non-hydrogen) atoms. The van der Waals surface area contributed by atoms with Crippen molar-refractivity contribution in [1.29, 1.82) is 0 Å². The molecule has 2 saturated heterocycles. The van der Waals surface area contributed by atoms with E-state index in [4.69, 9.17) is 14.2 Å². The fourth-order valence-corrected chi connectivity index (χ4v) is 4.57. The van der Waals surface area contributed by atoms with E-state index in [1.165, 1.54) is 6.07 Å². The molecule has 0 spiro atoms. The van der Waals surface area contributed by atoms with Crippen molar-refractivity contribution in [2.45, 2.75) is 46.5 Å². The third-order valence-electron chi connectivity index (χ3n) is 6.09. The zero-order chi connectivity index (χ0) is 23.8. The van der Waals surface area contributed by atoms with Gasteiger partial charge in [-0.1, -0.05) is 13.8 Å². The Morgan fingerprint density at radius 2 is 1.55 bits per heavy atom. The second-order valence-electron chi connectivity index (χ2n) is 9.15. The van der Waals surface area contributed by atoms with Gasteiger partial charge < -0.3 is 24.0 Å². The van der Waals surface area contributed by atoms with Gasteiger partial charge in [0.25, 0.3) is 11.8 Å². The van der Waals surface area contributed by atoms with Gasteiger partial charge in [-0.25, -0.2) is 4.79 Å². The highest BCUT2D eigenvalue weighted by atomic mass is 16.5. The van der Waals surface area contributed by atoms with Gasteiger partial charge in [0, 0.05) is 26.2 Å². The Labute approximate surface area is 196 Å². The largest absolute Gasteiger partial charge is 0.490 e. The molecule has 8 nitrogen and oxygen atoms in total. The minimum absolute atomic E-state index is 0.0551. The molecule has 3 rings (SSSR count). The predicted molar refractivity (Wildman–Crippen MR) is 123 cm³/mol. The number of hydrogen-bond acceptors (Lipinski definition) is 6. The normalized spacial score (nSPS) is 20.8. The number of rotatable bonds is 8. The lowest BCUT2D eigenvalue weighted by Gasteiger charge is -2.34. The SMILES string of the molecule is CCOc1cc(C(=O)OCC(=O)N2CC(C)CC(C)C2)ccc1OCC(=O)N1CCCCC1. The van der Waals surface area contributed by atoms with E-state index in [2.05, 4.69) is 13.8 Å². The highest BCUT2D eigenvalue weighted by Crippen LogP contribution is 2.29. The maximum Gasteiger partial charge on any atom is 0.338 e. The number of piperidine rings is 2. The topological polar surface area (TPSA) is 85.4 Å². The fourth-order valence-electron chi connectivity index (χ4n) is 4.57. The maximum atomic E-state index is 12.6. The first-order valence-corrected chi connectivity index (χ1v) is 12.0. The third-order valence-corrected chi connectivity index (χ3v) is 6.09. The zero-order valence-corrected chi connectivity index (χ0v) is 20.0. The first-order chi connectivity index (χ1) is 15.9. The van der Waals surface area contributed by atoms with Crippen LogP contribution in [-0.2, 0) is 14.3 Å². The summed E-state index contributed by atoms with van der Waals surface area (Å²) in [7, 11) is 0. The summed E-state index contributed by atoms with van der Waals surface area (Å²) >= 11 is 0. The molecule has 0 saturated carbocycles. The number of hydrogen-bond donors (Lipinski definition) is 0. The Kier molecular flexibility index (Phi) is 8.97. The molecule has 0 N–H and O–H groups in total. The highest BCUT2D eigenvalue weighted by Gasteiger charge is 2.26. The summed E-state index contributed by atoms with van der Waals surface area (Å²) in [5.41, 5.74) is 0.265. The van der Waals surface area contributed by atoms with Crippen LogP contribution < -0.4 is 9.47 Å². The van der Waals surface area contributed by atoms with E-state index in [9.17, 15) is 14.4 Å². The van der Waals surface area contributed by atoms with Gasteiger partial charge in [0.15, 0.2) is 24.7 Å². The molecule has 182 valence electrons. The minimum Gasteiger partial charge on any atom is -0.490 e. The second kappa shape index (κ2) is 11.9. The van der Waals surface area contributed by atoms with Crippen molar-refractivity contribution in [3.63, 3.8) is 0 Å². The van der Waals surface area contributed by atoms with Crippen molar-refractivity contribution < 1.29 is 28.6 Å². The standard InChI is InChI=1S/C25H36N2O6/c1-4-31-22-13-20(8-9-21(22)32-16-23(28)26-10-6-5-7-11-26)25(30)33-17-24(29)27-14-18(2)12-19(3)15-27/h8-9,13,18-19H,4-7,10-12,14-17H2,1-3H3. The molecule has 2 aliphatic rings. The van der Waals surface area contributed by atoms with Gasteiger partial charge in [-0.2, -0.15) is 0 Å². The van der Waals surface area contributed by atoms with Crippen molar-refractivity contribution in [3.8, 4) is 11.5 Å². The molecular formula is C25H36N2O6. The van der Waals surface area contributed by atoms with Crippen LogP contribution in [0.5, 0.6) is 11.5 Å². The molecule has 0 bridgehead atoms. The molecule has 2 aliphatic heterocycles. The molecule has 0 aromatic heterocycles. The molecule has 1 aromatic rings. The molecular weight excluding hydrogens is 424 g/mol. The Morgan fingerprint density at radius 1 is 0.879 bits per heavy atom. The van der Waals surface area contributed by atoms with Crippen LogP contribution in [0.15, 0.2) is 18.2 Å². The van der Waals surface area contributed by atoms with Gasteiger partial charge in [-0.05, 0) is 62.6 Å². The van der Waals surface area contributed by atoms with Crippen LogP contribution in [0.4, 0.5) is 0 Å². The number of benzene rings is 1. The lowest BCUT2D eigenvalue weighted by atomic mass is 9.92. The molecule has 0 radical (unpaired) electrons. The van der Waals surface area contributed by atoms with Gasteiger partial charge >= 0.3 is 5.97 Å². The van der Waals surface area contributed by atoms with Crippen LogP contribution in [0, 0.1) is 11.8 Å². The maximum absolute atomic E-state index is 12.6. The van der Waals surface area contributed by atoms with Crippen molar-refractivity contribution in [2.75, 3.05) is 46.0 Å². The highest BCUT2D eigenvalue weighted by molar-refractivity contribution is 5.92. The van der Waals surface area contributed by atoms with Gasteiger partial charge in [0.05, 0.1) is 12.2 Å². The van der Waals surface area contributed by atoms with Gasteiger partial charge in [0.1, 0.15) is 0 Å². The third kappa shape index (κ3) is 7.11. The predicted octanol–water partition coefficient (Wildman–Crippen LogP) is 3.14. The lowest BCUT2D eigenvalue weighted by Crippen LogP contribution is -2.44. The van der Waals surface area contributed by atoms with E-state index in [1.807, 2.05) is 11.8 Å². The van der Waals surface area contributed by atoms with Crippen LogP contribution in [-0.4, -0.2) is 73.6 Å². The number of amides is 2. The van der Waals surface area contributed by atoms with Gasteiger partial charge in [-0.3, -0.25) is 9.59 Å². The van der Waals surface area contributed by atoms with Crippen molar-refractivity contribution in [3.05, 3.63) is 23.8 Å². The number of carbonyl (C=O) groups excluding carboxylic acids is 3. The first kappa shape index (κ1) is 24.9. The van der Waals surface area contributed by atoms with E-state index in [1.54, 1.807) is 17.0 Å². The van der Waals surface area contributed by atoms with Gasteiger partial charge in [0.2, 0.25) is 0 Å². The summed E-state index contributed by atoms with van der Waals surface area (Å²) in [5.74, 6) is 0.810. The molecule has 1 aromatic carbocycles. The Balaban J connectivity index is 1.56. The number of esters is 1. The van der Waals surface area contributed by atoms with E-state index in [0.717, 1.165) is 38.8 Å². The lowest BCUT2D eigenvalue weighted by molar-refractivity contribution is -0.137. The van der Waals surface area contributed by atoms with Crippen molar-refractivity contribution in [2.24, 2.45) is 11.8 Å². The quantitative estimate of drug-likeness (QED) is 0.554. The molecule has 2 atom stereocenters. The van der Waals surface area contributed by atoms with E-state index in [0.29, 0.717) is 43.0 Å². The number of ether oxygens (including phenoxy) is 3. The van der Waals surface area contributed by atoms with Crippen LogP contribution >= 0.6 is 0 Å². The molecule has 2 unspecified atom stereocenters. The summed E-state index contributed by atoms with van der Waals surface area (Å²) in [5, 5.41) is 0. The van der Waals surface area contributed by atoms with Crippen LogP contribution in [0.1, 0.15) is 56.8 Å². The number of carbonyl (C=O) groups is 3. The van der Waals surface area contributed by atoms with Crippen LogP contribution in [0.25, 0.3) is 0 Å². The van der Waals surface area contributed by atoms with E-state index in [-0.39, 0.29) is 30.6 Å². The molecule has 2 fully saturated rings. The zero-order valence-electron chi connectivity index (χ0n) is 20.0. The average Bonchev–Trinajstić information content (AvgIpc) is 2.81. The monoisotopic (exact) mass is 460 g/mol. The van der Waals surface area contributed by atoms with E-state index >= 15 is 0 Å². The second-order valence-corrected chi connectivity index (χ2v) is 9.15. The number of likely N-dealkylation sites (tertiary alicyclic amines) is 2. The first-order valence-electron chi connectivity index (χ1n) is 12.0. The summed E-state index contributed by atoms with van der Waals surface area (Å²) in [6, 6.07) is 4.68. The summed E-state index contributed by atoms with van der Waals surface area (Å²) in [4.78, 5) is 41.0. The average molecular weight is 461 g/mol. The summed E-state index contributed by atoms with van der Waals surface area (Å²) < 4.78 is 16.6. The van der Waals surface area contributed by atoms with Crippen molar-refractivity contribution >= 4 is 17.8 Å². The van der Waals surface area contributed by atoms with Gasteiger partial charge in [-0.15, -0.1) is 0 Å². The fraction of sp³-hybridized carbons (Fsp3) is 0.640. The molecule has 0 aliphatic carbocycles. The molecule has 2 heterocycles. The minimum atomic E-state index is -0.599. The van der Waals surface area contributed by atoms with E-state index < -0.39 is 5.97 Å².